The zero-order chi connectivity index (χ0) is 21.8. The Hall–Kier alpha value is -2.82. The number of nitrogens with one attached hydrogen (secondary N) is 2. The fourth-order valence-corrected chi connectivity index (χ4v) is 3.75. The average Bonchev–Trinajstić information content (AvgIpc) is 3.07. The van der Waals surface area contributed by atoms with E-state index in [0.29, 0.717) is 0 Å². The van der Waals surface area contributed by atoms with Crippen LogP contribution in [-0.4, -0.2) is 82.6 Å². The van der Waals surface area contributed by atoms with Crippen molar-refractivity contribution in [3.63, 3.8) is 0 Å². The second kappa shape index (κ2) is 9.12. The molecule has 0 radical (unpaired) electrons. The number of nitrogen functional groups attached to an aromatic ring is 1. The SMILES string of the molecule is C[C@H]1[C@H](NC(=O)/C(=N\OCCNC(=O)CO)c2csc(N)n2)C(=O)N1S(=O)(=O)O. The second-order valence-corrected chi connectivity index (χ2v) is 7.83. The van der Waals surface area contributed by atoms with Crippen LogP contribution >= 0.6 is 11.3 Å². The highest BCUT2D eigenvalue weighted by atomic mass is 32.2. The molecule has 0 aromatic carbocycles. The fourth-order valence-electron chi connectivity index (χ4n) is 2.32. The van der Waals surface area contributed by atoms with E-state index in [1.807, 2.05) is 0 Å². The van der Waals surface area contributed by atoms with Gasteiger partial charge >= 0.3 is 10.3 Å². The van der Waals surface area contributed by atoms with Crippen molar-refractivity contribution < 1.29 is 37.3 Å². The third-order valence-corrected chi connectivity index (χ3v) is 5.35. The van der Waals surface area contributed by atoms with Gasteiger partial charge in [-0.25, -0.2) is 9.29 Å². The number of thiazole rings is 1. The summed E-state index contributed by atoms with van der Waals surface area (Å²) in [5.41, 5.74) is 5.26. The quantitative estimate of drug-likeness (QED) is 0.0849. The van der Waals surface area contributed by atoms with Crippen LogP contribution in [0.4, 0.5) is 5.13 Å². The molecule has 2 heterocycles. The predicted octanol–water partition coefficient (Wildman–Crippen LogP) is -2.93. The van der Waals surface area contributed by atoms with Gasteiger partial charge in [-0.2, -0.15) is 8.42 Å². The number of anilines is 1. The number of nitrogens with two attached hydrogens (primary N) is 1. The van der Waals surface area contributed by atoms with Crippen LogP contribution in [0.2, 0.25) is 0 Å². The molecule has 2 atom stereocenters. The minimum atomic E-state index is -4.73. The largest absolute Gasteiger partial charge is 0.393 e. The molecule has 14 nitrogen and oxygen atoms in total. The van der Waals surface area contributed by atoms with Crippen molar-refractivity contribution in [1.82, 2.24) is 19.9 Å². The first-order valence-electron chi connectivity index (χ1n) is 7.96. The summed E-state index contributed by atoms with van der Waals surface area (Å²) in [5.74, 6) is -2.53. The van der Waals surface area contributed by atoms with Crippen molar-refractivity contribution in [2.45, 2.75) is 19.0 Å². The molecule has 6 N–H and O–H groups in total. The Labute approximate surface area is 168 Å². The first-order chi connectivity index (χ1) is 13.6. The summed E-state index contributed by atoms with van der Waals surface area (Å²) in [5, 5.41) is 18.4. The minimum Gasteiger partial charge on any atom is -0.393 e. The molecule has 16 heteroatoms. The van der Waals surface area contributed by atoms with Crippen LogP contribution in [0, 0.1) is 0 Å². The number of rotatable bonds is 9. The number of amides is 3. The topological polar surface area (TPSA) is 214 Å². The summed E-state index contributed by atoms with van der Waals surface area (Å²) >= 11 is 1.02. The first-order valence-corrected chi connectivity index (χ1v) is 10.2. The van der Waals surface area contributed by atoms with Gasteiger partial charge in [0.1, 0.15) is 24.9 Å². The van der Waals surface area contributed by atoms with Crippen molar-refractivity contribution in [3.8, 4) is 0 Å². The standard InChI is InChI=1S/C13H18N6O8S2/c1-6-9(12(23)19(6)29(24,25)26)17-11(22)10(7-5-28-13(14)16-7)18-27-3-2-15-8(21)4-20/h5-6,9,20H,2-4H2,1H3,(H2,14,16)(H,15,21)(H,17,22)(H,24,25,26)/b18-10-/t6-,9-/m0/s1. The Morgan fingerprint density at radius 2 is 2.17 bits per heavy atom. The number of carbonyl (C=O) groups is 3. The van der Waals surface area contributed by atoms with E-state index in [1.165, 1.54) is 12.3 Å². The third-order valence-electron chi connectivity index (χ3n) is 3.67. The molecule has 0 aliphatic carbocycles. The molecule has 29 heavy (non-hydrogen) atoms. The average molecular weight is 450 g/mol. The molecule has 3 amide bonds. The number of aromatic nitrogens is 1. The maximum Gasteiger partial charge on any atom is 0.362 e. The molecule has 1 aromatic rings. The number of oxime groups is 1. The van der Waals surface area contributed by atoms with Crippen LogP contribution in [0.25, 0.3) is 0 Å². The van der Waals surface area contributed by atoms with E-state index >= 15 is 0 Å². The summed E-state index contributed by atoms with van der Waals surface area (Å²) in [7, 11) is -4.73. The van der Waals surface area contributed by atoms with Gasteiger partial charge in [-0.15, -0.1) is 11.3 Å². The summed E-state index contributed by atoms with van der Waals surface area (Å²) < 4.78 is 31.5. The van der Waals surface area contributed by atoms with Gasteiger partial charge in [0, 0.05) is 5.38 Å². The molecule has 0 saturated carbocycles. The molecule has 0 spiro atoms. The molecule has 1 aliphatic rings. The van der Waals surface area contributed by atoms with Crippen molar-refractivity contribution in [2.75, 3.05) is 25.5 Å². The van der Waals surface area contributed by atoms with Crippen molar-refractivity contribution in [3.05, 3.63) is 11.1 Å². The molecule has 1 saturated heterocycles. The molecule has 0 unspecified atom stereocenters. The van der Waals surface area contributed by atoms with Gasteiger partial charge in [0.2, 0.25) is 5.91 Å². The van der Waals surface area contributed by atoms with Crippen molar-refractivity contribution >= 4 is 50.2 Å². The van der Waals surface area contributed by atoms with Crippen LogP contribution < -0.4 is 16.4 Å². The van der Waals surface area contributed by atoms with Gasteiger partial charge in [-0.05, 0) is 6.92 Å². The number of β-lactam (4-membered cyclic amide) rings is 1. The van der Waals surface area contributed by atoms with Gasteiger partial charge in [0.15, 0.2) is 10.8 Å². The molecule has 1 aromatic heterocycles. The van der Waals surface area contributed by atoms with E-state index in [1.54, 1.807) is 0 Å². The zero-order valence-corrected chi connectivity index (χ0v) is 16.6. The molecule has 2 rings (SSSR count). The number of nitrogens with zero attached hydrogens (tertiary/aromatic N) is 3. The number of hydrogen-bond donors (Lipinski definition) is 5. The van der Waals surface area contributed by atoms with E-state index in [9.17, 15) is 22.8 Å². The number of aliphatic hydroxyl groups excluding tert-OH is 1. The Bertz CT molecular complexity index is 929. The second-order valence-electron chi connectivity index (χ2n) is 5.66. The number of hydrogen-bond acceptors (Lipinski definition) is 11. The summed E-state index contributed by atoms with van der Waals surface area (Å²) in [4.78, 5) is 44.2. The number of carbonyl (C=O) groups excluding carboxylic acids is 3. The normalized spacial score (nSPS) is 19.5. The molecular weight excluding hydrogens is 432 g/mol. The van der Waals surface area contributed by atoms with Gasteiger partial charge in [-0.3, -0.25) is 18.9 Å². The molecule has 0 bridgehead atoms. The lowest BCUT2D eigenvalue weighted by Gasteiger charge is -2.42. The third kappa shape index (κ3) is 5.37. The maximum atomic E-state index is 12.5. The Morgan fingerprint density at radius 1 is 1.48 bits per heavy atom. The summed E-state index contributed by atoms with van der Waals surface area (Å²) in [6.07, 6.45) is 0. The highest BCUT2D eigenvalue weighted by Gasteiger charge is 2.51. The lowest BCUT2D eigenvalue weighted by Crippen LogP contribution is -2.71. The van der Waals surface area contributed by atoms with E-state index in [4.69, 9.17) is 20.2 Å². The van der Waals surface area contributed by atoms with E-state index in [2.05, 4.69) is 20.8 Å². The minimum absolute atomic E-state index is 0.00153. The maximum absolute atomic E-state index is 12.5. The Morgan fingerprint density at radius 3 is 2.69 bits per heavy atom. The monoisotopic (exact) mass is 450 g/mol. The summed E-state index contributed by atoms with van der Waals surface area (Å²) in [6.45, 7) is 0.483. The highest BCUT2D eigenvalue weighted by molar-refractivity contribution is 7.84. The number of aliphatic hydroxyl groups is 1. The fraction of sp³-hybridized carbons (Fsp3) is 0.462. The lowest BCUT2D eigenvalue weighted by molar-refractivity contribution is -0.143. The van der Waals surface area contributed by atoms with Crippen LogP contribution in [0.3, 0.4) is 0 Å². The molecule has 1 fully saturated rings. The van der Waals surface area contributed by atoms with Gasteiger partial charge in [0.25, 0.3) is 11.8 Å². The Kier molecular flexibility index (Phi) is 7.07. The molecule has 1 aliphatic heterocycles. The first kappa shape index (κ1) is 22.5. The Balaban J connectivity index is 2.07. The lowest BCUT2D eigenvalue weighted by atomic mass is 10.0. The zero-order valence-electron chi connectivity index (χ0n) is 14.9. The molecule has 160 valence electrons. The van der Waals surface area contributed by atoms with Crippen molar-refractivity contribution in [2.24, 2.45) is 5.16 Å². The van der Waals surface area contributed by atoms with E-state index < -0.39 is 46.7 Å². The van der Waals surface area contributed by atoms with E-state index in [-0.39, 0.29) is 34.0 Å². The van der Waals surface area contributed by atoms with Crippen LogP contribution in [0.1, 0.15) is 12.6 Å². The van der Waals surface area contributed by atoms with Gasteiger partial charge < -0.3 is 26.3 Å². The summed E-state index contributed by atoms with van der Waals surface area (Å²) in [6, 6.07) is -2.23. The smallest absolute Gasteiger partial charge is 0.362 e. The van der Waals surface area contributed by atoms with Gasteiger partial charge in [0.05, 0.1) is 12.6 Å². The van der Waals surface area contributed by atoms with Crippen molar-refractivity contribution in [1.29, 1.82) is 0 Å². The van der Waals surface area contributed by atoms with Gasteiger partial charge in [-0.1, -0.05) is 5.16 Å². The molecular formula is C13H18N6O8S2. The predicted molar refractivity (Wildman–Crippen MR) is 98.9 cm³/mol. The highest BCUT2D eigenvalue weighted by Crippen LogP contribution is 2.23. The van der Waals surface area contributed by atoms with Crippen LogP contribution in [0.5, 0.6) is 0 Å². The van der Waals surface area contributed by atoms with E-state index in [0.717, 1.165) is 11.3 Å². The van der Waals surface area contributed by atoms with Crippen LogP contribution in [0.15, 0.2) is 10.5 Å². The van der Waals surface area contributed by atoms with Crippen LogP contribution in [-0.2, 0) is 29.5 Å².